The van der Waals surface area contributed by atoms with Crippen molar-refractivity contribution in [1.29, 1.82) is 0 Å². The van der Waals surface area contributed by atoms with Crippen LogP contribution in [0.25, 0.3) is 0 Å². The van der Waals surface area contributed by atoms with Gasteiger partial charge in [0.1, 0.15) is 0 Å². The predicted molar refractivity (Wildman–Crippen MR) is 64.2 cm³/mol. The molecule has 0 nitrogen and oxygen atoms in total. The molecule has 0 N–H and O–H groups in total. The zero-order valence-electron chi connectivity index (χ0n) is 7.62. The minimum atomic E-state index is -0.0643. The Kier molecular flexibility index (Phi) is 3.40. The first-order chi connectivity index (χ1) is 6.38. The van der Waals surface area contributed by atoms with Gasteiger partial charge in [-0.15, -0.1) is 0 Å². The third-order valence-corrected chi connectivity index (χ3v) is 7.56. The largest absolute Gasteiger partial charge is 0.0622 e. The Balaban J connectivity index is 2.08. The standard InChI is InChI=1S/C11H14BrP/c12-13(11-8-4-5-9-11)10-6-2-1-3-7-10/h1-3,6-7,11H,4-5,8-9H2. The average molecular weight is 257 g/mol. The Hall–Kier alpha value is 0.130. The van der Waals surface area contributed by atoms with Crippen LogP contribution < -0.4 is 5.30 Å². The van der Waals surface area contributed by atoms with E-state index in [1.54, 1.807) is 0 Å². The molecule has 0 bridgehead atoms. The smallest absolute Gasteiger partial charge is 0.00134 e. The summed E-state index contributed by atoms with van der Waals surface area (Å²) in [6, 6.07) is 10.9. The van der Waals surface area contributed by atoms with Crippen molar-refractivity contribution in [3.63, 3.8) is 0 Å². The van der Waals surface area contributed by atoms with E-state index in [1.165, 1.54) is 31.0 Å². The van der Waals surface area contributed by atoms with Crippen LogP contribution in [-0.4, -0.2) is 5.66 Å². The summed E-state index contributed by atoms with van der Waals surface area (Å²) in [6.07, 6.45) is 5.71. The van der Waals surface area contributed by atoms with Gasteiger partial charge in [-0.25, -0.2) is 0 Å². The van der Waals surface area contributed by atoms with Gasteiger partial charge in [-0.3, -0.25) is 0 Å². The second-order valence-electron chi connectivity index (χ2n) is 3.59. The summed E-state index contributed by atoms with van der Waals surface area (Å²) in [5, 5.41) is 1.50. The van der Waals surface area contributed by atoms with Gasteiger partial charge < -0.3 is 0 Å². The first-order valence-corrected chi connectivity index (χ1v) is 8.31. The molecule has 70 valence electrons. The van der Waals surface area contributed by atoms with Crippen molar-refractivity contribution in [2.75, 3.05) is 0 Å². The van der Waals surface area contributed by atoms with Crippen LogP contribution in [0.4, 0.5) is 0 Å². The zero-order chi connectivity index (χ0) is 9.10. The second-order valence-corrected chi connectivity index (χ2v) is 7.75. The average Bonchev–Trinajstić information content (AvgIpc) is 2.71. The van der Waals surface area contributed by atoms with Gasteiger partial charge in [0, 0.05) is 0 Å². The quantitative estimate of drug-likeness (QED) is 0.701. The molecule has 0 heterocycles. The van der Waals surface area contributed by atoms with Gasteiger partial charge in [0.15, 0.2) is 0 Å². The fourth-order valence-corrected chi connectivity index (χ4v) is 5.55. The van der Waals surface area contributed by atoms with Gasteiger partial charge in [0.05, 0.1) is 0 Å². The molecule has 1 aromatic rings. The third kappa shape index (κ3) is 2.33. The Morgan fingerprint density at radius 3 is 2.31 bits per heavy atom. The molecule has 1 aliphatic carbocycles. The molecule has 1 aromatic carbocycles. The molecule has 1 atom stereocenters. The molecule has 0 radical (unpaired) electrons. The highest BCUT2D eigenvalue weighted by Crippen LogP contribution is 2.53. The Morgan fingerprint density at radius 1 is 1.08 bits per heavy atom. The van der Waals surface area contributed by atoms with Crippen LogP contribution in [0.3, 0.4) is 0 Å². The van der Waals surface area contributed by atoms with Crippen LogP contribution in [0.15, 0.2) is 30.3 Å². The molecule has 13 heavy (non-hydrogen) atoms. The van der Waals surface area contributed by atoms with Crippen LogP contribution in [0.1, 0.15) is 25.7 Å². The first-order valence-electron chi connectivity index (χ1n) is 4.88. The van der Waals surface area contributed by atoms with Crippen LogP contribution in [0.5, 0.6) is 0 Å². The maximum Gasteiger partial charge on any atom is -0.00134 e. The van der Waals surface area contributed by atoms with Gasteiger partial charge >= 0.3 is 0 Å². The van der Waals surface area contributed by atoms with E-state index in [0.717, 1.165) is 5.66 Å². The molecule has 1 saturated carbocycles. The maximum atomic E-state index is 3.88. The number of rotatable bonds is 2. The molecule has 0 saturated heterocycles. The van der Waals surface area contributed by atoms with E-state index in [9.17, 15) is 0 Å². The van der Waals surface area contributed by atoms with Crippen LogP contribution in [-0.2, 0) is 0 Å². The number of halogens is 1. The van der Waals surface area contributed by atoms with Crippen LogP contribution >= 0.6 is 22.1 Å². The van der Waals surface area contributed by atoms with Gasteiger partial charge in [0.25, 0.3) is 0 Å². The Bertz CT molecular complexity index is 254. The van der Waals surface area contributed by atoms with Crippen molar-refractivity contribution < 1.29 is 0 Å². The van der Waals surface area contributed by atoms with Gasteiger partial charge in [-0.05, 0) is 30.4 Å². The van der Waals surface area contributed by atoms with E-state index in [1.807, 2.05) is 0 Å². The zero-order valence-corrected chi connectivity index (χ0v) is 10.1. The highest BCUT2D eigenvalue weighted by molar-refractivity contribution is 9.40. The number of hydrogen-bond acceptors (Lipinski definition) is 0. The highest BCUT2D eigenvalue weighted by Gasteiger charge is 2.23. The van der Waals surface area contributed by atoms with E-state index in [2.05, 4.69) is 45.8 Å². The van der Waals surface area contributed by atoms with Crippen molar-refractivity contribution in [3.05, 3.63) is 30.3 Å². The Morgan fingerprint density at radius 2 is 1.69 bits per heavy atom. The molecule has 2 heteroatoms. The predicted octanol–water partition coefficient (Wildman–Crippen LogP) is 4.05. The van der Waals surface area contributed by atoms with Crippen molar-refractivity contribution in [1.82, 2.24) is 0 Å². The van der Waals surface area contributed by atoms with Crippen molar-refractivity contribution in [2.24, 2.45) is 0 Å². The third-order valence-electron chi connectivity index (χ3n) is 2.65. The lowest BCUT2D eigenvalue weighted by atomic mass is 10.4. The number of hydrogen-bond donors (Lipinski definition) is 0. The van der Waals surface area contributed by atoms with E-state index in [0.29, 0.717) is 0 Å². The highest BCUT2D eigenvalue weighted by atomic mass is 79.9. The SMILES string of the molecule is BrP(c1ccccc1)C1CCCC1. The summed E-state index contributed by atoms with van der Waals surface area (Å²) in [7, 11) is 0. The summed E-state index contributed by atoms with van der Waals surface area (Å²) in [4.78, 5) is 0. The van der Waals surface area contributed by atoms with Gasteiger partial charge in [-0.1, -0.05) is 58.7 Å². The molecule has 0 aliphatic heterocycles. The van der Waals surface area contributed by atoms with Crippen molar-refractivity contribution >= 4 is 27.4 Å². The fourth-order valence-electron chi connectivity index (χ4n) is 1.91. The monoisotopic (exact) mass is 256 g/mol. The summed E-state index contributed by atoms with van der Waals surface area (Å²) in [6.45, 7) is -0.0643. The minimum absolute atomic E-state index is 0.0643. The minimum Gasteiger partial charge on any atom is -0.0622 e. The molecular formula is C11H14BrP. The summed E-state index contributed by atoms with van der Waals surface area (Å²) >= 11 is 3.88. The topological polar surface area (TPSA) is 0 Å². The molecule has 0 amide bonds. The number of benzene rings is 1. The van der Waals surface area contributed by atoms with E-state index < -0.39 is 0 Å². The van der Waals surface area contributed by atoms with Crippen molar-refractivity contribution in [3.8, 4) is 0 Å². The van der Waals surface area contributed by atoms with Crippen LogP contribution in [0, 0.1) is 0 Å². The lowest BCUT2D eigenvalue weighted by molar-refractivity contribution is 0.886. The van der Waals surface area contributed by atoms with E-state index in [-0.39, 0.29) is 6.62 Å². The van der Waals surface area contributed by atoms with E-state index >= 15 is 0 Å². The van der Waals surface area contributed by atoms with Crippen molar-refractivity contribution in [2.45, 2.75) is 31.3 Å². The Labute approximate surface area is 89.2 Å². The van der Waals surface area contributed by atoms with Gasteiger partial charge in [-0.2, -0.15) is 0 Å². The molecule has 1 fully saturated rings. The molecular weight excluding hydrogens is 243 g/mol. The van der Waals surface area contributed by atoms with Crippen LogP contribution in [0.2, 0.25) is 0 Å². The molecule has 1 unspecified atom stereocenters. The molecule has 2 rings (SSSR count). The van der Waals surface area contributed by atoms with Gasteiger partial charge in [0.2, 0.25) is 0 Å². The summed E-state index contributed by atoms with van der Waals surface area (Å²) < 4.78 is 0. The molecule has 0 aromatic heterocycles. The fraction of sp³-hybridized carbons (Fsp3) is 0.455. The normalized spacial score (nSPS) is 20.4. The maximum absolute atomic E-state index is 3.88. The summed E-state index contributed by atoms with van der Waals surface area (Å²) in [5.74, 6) is 0. The lowest BCUT2D eigenvalue weighted by Gasteiger charge is -2.17. The molecule has 1 aliphatic rings. The molecule has 0 spiro atoms. The van der Waals surface area contributed by atoms with E-state index in [4.69, 9.17) is 0 Å². The lowest BCUT2D eigenvalue weighted by Crippen LogP contribution is -2.05. The second kappa shape index (κ2) is 4.57. The first kappa shape index (κ1) is 9.68. The summed E-state index contributed by atoms with van der Waals surface area (Å²) in [5.41, 5.74) is 0.928.